The molecule has 2 nitrogen and oxygen atoms in total. The van der Waals surface area contributed by atoms with E-state index < -0.39 is 0 Å². The van der Waals surface area contributed by atoms with Crippen LogP contribution >= 0.6 is 0 Å². The smallest absolute Gasteiger partial charge is 0.133 e. The predicted molar refractivity (Wildman–Crippen MR) is 42.3 cm³/mol. The summed E-state index contributed by atoms with van der Waals surface area (Å²) in [4.78, 5) is 22.0. The summed E-state index contributed by atoms with van der Waals surface area (Å²) in [6, 6.07) is 0. The Kier molecular flexibility index (Phi) is 2.80. The molecular formula is C9H14O2. The first-order valence-corrected chi connectivity index (χ1v) is 4.22. The fourth-order valence-electron chi connectivity index (χ4n) is 1.54. The highest BCUT2D eigenvalue weighted by Gasteiger charge is 2.20. The van der Waals surface area contributed by atoms with Gasteiger partial charge in [0.25, 0.3) is 0 Å². The lowest BCUT2D eigenvalue weighted by atomic mass is 9.96. The monoisotopic (exact) mass is 154 g/mol. The van der Waals surface area contributed by atoms with Crippen LogP contribution in [0, 0.1) is 5.92 Å². The summed E-state index contributed by atoms with van der Waals surface area (Å²) in [5.41, 5.74) is 0. The van der Waals surface area contributed by atoms with E-state index in [2.05, 4.69) is 0 Å². The van der Waals surface area contributed by atoms with Crippen LogP contribution < -0.4 is 0 Å². The first-order chi connectivity index (χ1) is 5.20. The van der Waals surface area contributed by atoms with Gasteiger partial charge >= 0.3 is 0 Å². The molecule has 0 radical (unpaired) electrons. The summed E-state index contributed by atoms with van der Waals surface area (Å²) in [5, 5.41) is 0. The van der Waals surface area contributed by atoms with Gasteiger partial charge in [-0.15, -0.1) is 0 Å². The molecule has 62 valence electrons. The number of Topliss-reactive ketones (excluding diaryl/α,β-unsaturated/α-hetero) is 2. The zero-order valence-electron chi connectivity index (χ0n) is 6.93. The summed E-state index contributed by atoms with van der Waals surface area (Å²) in [6.07, 6.45) is 4.11. The van der Waals surface area contributed by atoms with Gasteiger partial charge in [-0.25, -0.2) is 0 Å². The van der Waals surface area contributed by atoms with E-state index in [1.165, 1.54) is 0 Å². The van der Waals surface area contributed by atoms with Gasteiger partial charge in [-0.05, 0) is 19.8 Å². The molecule has 0 aromatic heterocycles. The van der Waals surface area contributed by atoms with Gasteiger partial charge in [0, 0.05) is 18.8 Å². The summed E-state index contributed by atoms with van der Waals surface area (Å²) in [5.74, 6) is 0.480. The van der Waals surface area contributed by atoms with Crippen LogP contribution in [0.2, 0.25) is 0 Å². The Morgan fingerprint density at radius 1 is 1.45 bits per heavy atom. The third kappa shape index (κ3) is 2.45. The summed E-state index contributed by atoms with van der Waals surface area (Å²) >= 11 is 0. The maximum Gasteiger partial charge on any atom is 0.133 e. The summed E-state index contributed by atoms with van der Waals surface area (Å²) in [6.45, 7) is 1.59. The van der Waals surface area contributed by atoms with Crippen molar-refractivity contribution in [2.75, 3.05) is 0 Å². The zero-order valence-corrected chi connectivity index (χ0v) is 6.93. The fraction of sp³-hybridized carbons (Fsp3) is 0.778. The Hall–Kier alpha value is -0.660. The van der Waals surface area contributed by atoms with Crippen molar-refractivity contribution in [3.63, 3.8) is 0 Å². The SMILES string of the molecule is CC(=O)C1CCCCC(=O)C1. The second kappa shape index (κ2) is 3.65. The Bertz CT molecular complexity index is 172. The van der Waals surface area contributed by atoms with Gasteiger partial charge in [0.2, 0.25) is 0 Å². The van der Waals surface area contributed by atoms with E-state index in [1.807, 2.05) is 0 Å². The molecule has 0 spiro atoms. The minimum absolute atomic E-state index is 0.0324. The second-order valence-corrected chi connectivity index (χ2v) is 3.30. The normalized spacial score (nSPS) is 26.3. The number of carbonyl (C=O) groups excluding carboxylic acids is 2. The lowest BCUT2D eigenvalue weighted by Gasteiger charge is -2.06. The van der Waals surface area contributed by atoms with E-state index in [0.29, 0.717) is 12.8 Å². The Morgan fingerprint density at radius 2 is 2.18 bits per heavy atom. The molecule has 1 rings (SSSR count). The minimum atomic E-state index is 0.0324. The number of rotatable bonds is 1. The molecule has 0 N–H and O–H groups in total. The van der Waals surface area contributed by atoms with Gasteiger partial charge in [0.1, 0.15) is 11.6 Å². The molecule has 0 bridgehead atoms. The van der Waals surface area contributed by atoms with Crippen LogP contribution in [0.3, 0.4) is 0 Å². The third-order valence-electron chi connectivity index (χ3n) is 2.31. The van der Waals surface area contributed by atoms with Gasteiger partial charge in [0.15, 0.2) is 0 Å². The van der Waals surface area contributed by atoms with Crippen molar-refractivity contribution < 1.29 is 9.59 Å². The number of hydrogen-bond donors (Lipinski definition) is 0. The largest absolute Gasteiger partial charge is 0.300 e. The maximum atomic E-state index is 11.0. The summed E-state index contributed by atoms with van der Waals surface area (Å²) in [7, 11) is 0. The van der Waals surface area contributed by atoms with Crippen molar-refractivity contribution in [3.8, 4) is 0 Å². The average Bonchev–Trinajstić information content (AvgIpc) is 2.13. The van der Waals surface area contributed by atoms with E-state index in [-0.39, 0.29) is 17.5 Å². The van der Waals surface area contributed by atoms with E-state index in [4.69, 9.17) is 0 Å². The number of hydrogen-bond acceptors (Lipinski definition) is 2. The molecule has 1 fully saturated rings. The van der Waals surface area contributed by atoms with Crippen LogP contribution in [0.25, 0.3) is 0 Å². The standard InChI is InChI=1S/C9H14O2/c1-7(10)8-4-2-3-5-9(11)6-8/h8H,2-6H2,1H3. The fourth-order valence-corrected chi connectivity index (χ4v) is 1.54. The van der Waals surface area contributed by atoms with Crippen molar-refractivity contribution in [1.82, 2.24) is 0 Å². The first-order valence-electron chi connectivity index (χ1n) is 4.22. The Labute approximate surface area is 67.0 Å². The van der Waals surface area contributed by atoms with Crippen molar-refractivity contribution in [2.24, 2.45) is 5.92 Å². The molecule has 0 aliphatic heterocycles. The molecule has 0 aromatic rings. The van der Waals surface area contributed by atoms with Crippen LogP contribution in [0.5, 0.6) is 0 Å². The topological polar surface area (TPSA) is 34.1 Å². The molecule has 0 saturated heterocycles. The average molecular weight is 154 g/mol. The highest BCUT2D eigenvalue weighted by Crippen LogP contribution is 2.20. The highest BCUT2D eigenvalue weighted by molar-refractivity contribution is 5.86. The Morgan fingerprint density at radius 3 is 2.82 bits per heavy atom. The molecular weight excluding hydrogens is 140 g/mol. The van der Waals surface area contributed by atoms with Crippen molar-refractivity contribution in [1.29, 1.82) is 0 Å². The molecule has 2 heteroatoms. The number of carbonyl (C=O) groups is 2. The molecule has 1 aliphatic rings. The minimum Gasteiger partial charge on any atom is -0.300 e. The third-order valence-corrected chi connectivity index (χ3v) is 2.31. The van der Waals surface area contributed by atoms with Gasteiger partial charge in [0.05, 0.1) is 0 Å². The first kappa shape index (κ1) is 8.44. The molecule has 0 amide bonds. The molecule has 1 unspecified atom stereocenters. The van der Waals surface area contributed by atoms with Crippen LogP contribution in [-0.4, -0.2) is 11.6 Å². The lowest BCUT2D eigenvalue weighted by molar-refractivity contribution is -0.126. The quantitative estimate of drug-likeness (QED) is 0.539. The molecule has 1 atom stereocenters. The second-order valence-electron chi connectivity index (χ2n) is 3.30. The molecule has 0 aromatic carbocycles. The van der Waals surface area contributed by atoms with Gasteiger partial charge < -0.3 is 0 Å². The van der Waals surface area contributed by atoms with Crippen LogP contribution in [0.15, 0.2) is 0 Å². The zero-order chi connectivity index (χ0) is 8.27. The van der Waals surface area contributed by atoms with Crippen molar-refractivity contribution in [2.45, 2.75) is 39.0 Å². The molecule has 1 saturated carbocycles. The van der Waals surface area contributed by atoms with Crippen LogP contribution in [-0.2, 0) is 9.59 Å². The predicted octanol–water partition coefficient (Wildman–Crippen LogP) is 1.72. The number of ketones is 2. The van der Waals surface area contributed by atoms with E-state index >= 15 is 0 Å². The lowest BCUT2D eigenvalue weighted by Crippen LogP contribution is -2.13. The van der Waals surface area contributed by atoms with Gasteiger partial charge in [-0.1, -0.05) is 6.42 Å². The summed E-state index contributed by atoms with van der Waals surface area (Å²) < 4.78 is 0. The molecule has 1 aliphatic carbocycles. The van der Waals surface area contributed by atoms with E-state index in [9.17, 15) is 9.59 Å². The maximum absolute atomic E-state index is 11.0. The highest BCUT2D eigenvalue weighted by atomic mass is 16.1. The van der Waals surface area contributed by atoms with Crippen LogP contribution in [0.1, 0.15) is 39.0 Å². The van der Waals surface area contributed by atoms with E-state index in [0.717, 1.165) is 19.3 Å². The van der Waals surface area contributed by atoms with Crippen LogP contribution in [0.4, 0.5) is 0 Å². The Balaban J connectivity index is 2.52. The van der Waals surface area contributed by atoms with Gasteiger partial charge in [-0.2, -0.15) is 0 Å². The van der Waals surface area contributed by atoms with Crippen molar-refractivity contribution in [3.05, 3.63) is 0 Å². The van der Waals surface area contributed by atoms with E-state index in [1.54, 1.807) is 6.92 Å². The molecule has 11 heavy (non-hydrogen) atoms. The molecule has 0 heterocycles. The van der Waals surface area contributed by atoms with Crippen molar-refractivity contribution >= 4 is 11.6 Å². The van der Waals surface area contributed by atoms with Gasteiger partial charge in [-0.3, -0.25) is 9.59 Å².